The molecule has 0 unspecified atom stereocenters. The van der Waals surface area contributed by atoms with Gasteiger partial charge in [-0.15, -0.1) is 0 Å². The molecule has 1 aromatic rings. The van der Waals surface area contributed by atoms with Crippen molar-refractivity contribution in [3.05, 3.63) is 46.1 Å². The van der Waals surface area contributed by atoms with Crippen LogP contribution in [-0.2, 0) is 9.59 Å². The predicted molar refractivity (Wildman–Crippen MR) is 86.6 cm³/mol. The number of rotatable bonds is 1. The lowest BCUT2D eigenvalue weighted by Gasteiger charge is -2.41. The topological polar surface area (TPSA) is 37.4 Å². The van der Waals surface area contributed by atoms with Crippen molar-refractivity contribution in [2.45, 2.75) is 39.0 Å². The van der Waals surface area contributed by atoms with Gasteiger partial charge in [-0.3, -0.25) is 9.59 Å². The van der Waals surface area contributed by atoms with Crippen molar-refractivity contribution in [1.82, 2.24) is 4.90 Å². The van der Waals surface area contributed by atoms with Crippen LogP contribution < -0.4 is 0 Å². The van der Waals surface area contributed by atoms with Crippen LogP contribution in [-0.4, -0.2) is 23.6 Å². The van der Waals surface area contributed by atoms with E-state index >= 15 is 0 Å². The van der Waals surface area contributed by atoms with Crippen molar-refractivity contribution in [3.63, 3.8) is 0 Å². The Balaban J connectivity index is 2.11. The fourth-order valence-electron chi connectivity index (χ4n) is 3.54. The number of carbonyl (C=O) groups excluding carboxylic acids is 2. The number of Topliss-reactive ketones (excluding diaryl/α,β-unsaturated/α-hetero) is 1. The zero-order valence-corrected chi connectivity index (χ0v) is 13.9. The molecule has 0 bridgehead atoms. The maximum Gasteiger partial charge on any atom is 0.227 e. The van der Waals surface area contributed by atoms with Gasteiger partial charge in [0, 0.05) is 42.1 Å². The zero-order valence-electron chi connectivity index (χ0n) is 13.1. The van der Waals surface area contributed by atoms with Gasteiger partial charge in [-0.25, -0.2) is 0 Å². The lowest BCUT2D eigenvalue weighted by molar-refractivity contribution is -0.130. The highest BCUT2D eigenvalue weighted by Crippen LogP contribution is 2.46. The van der Waals surface area contributed by atoms with E-state index in [1.54, 1.807) is 11.9 Å². The van der Waals surface area contributed by atoms with E-state index in [1.165, 1.54) is 0 Å². The number of nitrogens with zero attached hydrogens (tertiary/aromatic N) is 1. The minimum Gasteiger partial charge on any atom is -0.319 e. The molecule has 2 aliphatic rings. The van der Waals surface area contributed by atoms with E-state index in [2.05, 4.69) is 13.8 Å². The zero-order chi connectivity index (χ0) is 16.1. The number of halogens is 1. The summed E-state index contributed by atoms with van der Waals surface area (Å²) < 4.78 is 0. The highest BCUT2D eigenvalue weighted by molar-refractivity contribution is 6.30. The van der Waals surface area contributed by atoms with Crippen LogP contribution in [0.25, 0.3) is 0 Å². The van der Waals surface area contributed by atoms with Crippen molar-refractivity contribution in [2.75, 3.05) is 7.05 Å². The summed E-state index contributed by atoms with van der Waals surface area (Å²) in [5.74, 6) is 0.106. The molecule has 1 aliphatic heterocycles. The van der Waals surface area contributed by atoms with Gasteiger partial charge in [0.05, 0.1) is 0 Å². The average molecular weight is 318 g/mol. The van der Waals surface area contributed by atoms with Crippen LogP contribution in [0.4, 0.5) is 0 Å². The molecule has 0 saturated carbocycles. The molecule has 1 aliphatic carbocycles. The Morgan fingerprint density at radius 1 is 1.14 bits per heavy atom. The van der Waals surface area contributed by atoms with Crippen molar-refractivity contribution >= 4 is 23.3 Å². The largest absolute Gasteiger partial charge is 0.319 e. The van der Waals surface area contributed by atoms with Crippen LogP contribution in [0.15, 0.2) is 35.5 Å². The predicted octanol–water partition coefficient (Wildman–Crippen LogP) is 3.93. The number of allylic oxidation sites excluding steroid dienone is 2. The first-order valence-corrected chi connectivity index (χ1v) is 7.94. The highest BCUT2D eigenvalue weighted by Gasteiger charge is 2.42. The van der Waals surface area contributed by atoms with E-state index in [-0.39, 0.29) is 23.0 Å². The van der Waals surface area contributed by atoms with Gasteiger partial charge in [-0.05, 0) is 29.5 Å². The molecule has 0 radical (unpaired) electrons. The average Bonchev–Trinajstić information content (AvgIpc) is 2.43. The normalized spacial score (nSPS) is 24.5. The summed E-state index contributed by atoms with van der Waals surface area (Å²) in [5, 5.41) is 0.660. The standard InChI is InChI=1S/C18H20ClNO2/c1-18(2)9-14-17(15(21)10-18)13(8-16(22)20(14)3)11-4-6-12(19)7-5-11/h4-7,13H,8-10H2,1-3H3/t13-/m1/s1. The molecule has 1 amide bonds. The van der Waals surface area contributed by atoms with Gasteiger partial charge in [-0.1, -0.05) is 37.6 Å². The van der Waals surface area contributed by atoms with Crippen LogP contribution in [0.2, 0.25) is 5.02 Å². The first kappa shape index (κ1) is 15.3. The summed E-state index contributed by atoms with van der Waals surface area (Å²) in [6.07, 6.45) is 1.65. The molecular formula is C18H20ClNO2. The van der Waals surface area contributed by atoms with Gasteiger partial charge in [0.15, 0.2) is 5.78 Å². The fourth-order valence-corrected chi connectivity index (χ4v) is 3.67. The monoisotopic (exact) mass is 317 g/mol. The minimum absolute atomic E-state index is 0.0733. The molecule has 0 fully saturated rings. The van der Waals surface area contributed by atoms with Crippen molar-refractivity contribution in [3.8, 4) is 0 Å². The molecule has 4 heteroatoms. The van der Waals surface area contributed by atoms with Crippen LogP contribution >= 0.6 is 11.6 Å². The third-order valence-corrected chi connectivity index (χ3v) is 4.93. The van der Waals surface area contributed by atoms with E-state index in [0.29, 0.717) is 17.9 Å². The third kappa shape index (κ3) is 2.58. The van der Waals surface area contributed by atoms with Gasteiger partial charge >= 0.3 is 0 Å². The number of carbonyl (C=O) groups is 2. The molecule has 0 N–H and O–H groups in total. The van der Waals surface area contributed by atoms with Gasteiger partial charge in [-0.2, -0.15) is 0 Å². The Bertz CT molecular complexity index is 673. The smallest absolute Gasteiger partial charge is 0.227 e. The highest BCUT2D eigenvalue weighted by atomic mass is 35.5. The van der Waals surface area contributed by atoms with E-state index < -0.39 is 0 Å². The molecule has 116 valence electrons. The van der Waals surface area contributed by atoms with Gasteiger partial charge in [0.2, 0.25) is 5.91 Å². The second kappa shape index (κ2) is 5.24. The lowest BCUT2D eigenvalue weighted by Crippen LogP contribution is -2.41. The Morgan fingerprint density at radius 2 is 1.77 bits per heavy atom. The molecule has 0 spiro atoms. The number of ketones is 1. The molecule has 22 heavy (non-hydrogen) atoms. The Hall–Kier alpha value is -1.61. The Morgan fingerprint density at radius 3 is 2.41 bits per heavy atom. The van der Waals surface area contributed by atoms with Crippen LogP contribution in [0.5, 0.6) is 0 Å². The third-order valence-electron chi connectivity index (χ3n) is 4.67. The van der Waals surface area contributed by atoms with Crippen LogP contribution in [0, 0.1) is 5.41 Å². The Labute approximate surface area is 135 Å². The molecule has 3 nitrogen and oxygen atoms in total. The first-order valence-electron chi connectivity index (χ1n) is 7.57. The molecule has 1 aromatic carbocycles. The van der Waals surface area contributed by atoms with Gasteiger partial charge in [0.25, 0.3) is 0 Å². The second-order valence-electron chi connectivity index (χ2n) is 7.06. The van der Waals surface area contributed by atoms with Crippen LogP contribution in [0.3, 0.4) is 0 Å². The van der Waals surface area contributed by atoms with Gasteiger partial charge < -0.3 is 4.90 Å². The maximum atomic E-state index is 12.7. The summed E-state index contributed by atoms with van der Waals surface area (Å²) in [6.45, 7) is 4.16. The molecule has 0 saturated heterocycles. The fraction of sp³-hybridized carbons (Fsp3) is 0.444. The summed E-state index contributed by atoms with van der Waals surface area (Å²) >= 11 is 5.95. The van der Waals surface area contributed by atoms with Crippen LogP contribution in [0.1, 0.15) is 44.6 Å². The van der Waals surface area contributed by atoms with Gasteiger partial charge in [0.1, 0.15) is 0 Å². The summed E-state index contributed by atoms with van der Waals surface area (Å²) in [4.78, 5) is 26.8. The molecule has 3 rings (SSSR count). The number of hydrogen-bond acceptors (Lipinski definition) is 2. The quantitative estimate of drug-likeness (QED) is 0.787. The molecule has 0 aromatic heterocycles. The molecular weight excluding hydrogens is 298 g/mol. The number of amides is 1. The summed E-state index contributed by atoms with van der Waals surface area (Å²) in [7, 11) is 1.78. The van der Waals surface area contributed by atoms with E-state index in [9.17, 15) is 9.59 Å². The van der Waals surface area contributed by atoms with Crippen molar-refractivity contribution in [1.29, 1.82) is 0 Å². The Kier molecular flexibility index (Phi) is 3.64. The van der Waals surface area contributed by atoms with E-state index in [1.807, 2.05) is 24.3 Å². The second-order valence-corrected chi connectivity index (χ2v) is 7.50. The molecule has 1 atom stereocenters. The summed E-state index contributed by atoms with van der Waals surface area (Å²) in [6, 6.07) is 7.47. The maximum absolute atomic E-state index is 12.7. The van der Waals surface area contributed by atoms with Crippen molar-refractivity contribution in [2.24, 2.45) is 5.41 Å². The van der Waals surface area contributed by atoms with E-state index in [0.717, 1.165) is 23.3 Å². The van der Waals surface area contributed by atoms with E-state index in [4.69, 9.17) is 11.6 Å². The SMILES string of the molecule is CN1C(=O)C[C@H](c2ccc(Cl)cc2)C2=C1CC(C)(C)CC2=O. The first-order chi connectivity index (χ1) is 10.3. The number of benzene rings is 1. The molecule has 1 heterocycles. The number of hydrogen-bond donors (Lipinski definition) is 0. The van der Waals surface area contributed by atoms with Crippen molar-refractivity contribution < 1.29 is 9.59 Å². The summed E-state index contributed by atoms with van der Waals surface area (Å²) in [5.41, 5.74) is 2.62. The minimum atomic E-state index is -0.139. The lowest BCUT2D eigenvalue weighted by atomic mass is 9.69.